The van der Waals surface area contributed by atoms with Crippen LogP contribution < -0.4 is 4.74 Å². The molecule has 1 aromatic carbocycles. The van der Waals surface area contributed by atoms with E-state index in [4.69, 9.17) is 4.74 Å². The summed E-state index contributed by atoms with van der Waals surface area (Å²) in [6, 6.07) is 9.00. The van der Waals surface area contributed by atoms with Gasteiger partial charge in [0.1, 0.15) is 11.4 Å². The summed E-state index contributed by atoms with van der Waals surface area (Å²) < 4.78 is 5.99. The molecule has 2 aliphatic heterocycles. The summed E-state index contributed by atoms with van der Waals surface area (Å²) in [6.45, 7) is 4.95. The lowest BCUT2D eigenvalue weighted by molar-refractivity contribution is 0.0630. The van der Waals surface area contributed by atoms with Crippen molar-refractivity contribution in [2.45, 2.75) is 57.5 Å². The van der Waals surface area contributed by atoms with Crippen molar-refractivity contribution in [3.8, 4) is 5.75 Å². The van der Waals surface area contributed by atoms with Crippen LogP contribution in [0, 0.1) is 0 Å². The molecule has 27 heavy (non-hydrogen) atoms. The third-order valence-corrected chi connectivity index (χ3v) is 6.28. The molecule has 0 saturated carbocycles. The Balaban J connectivity index is 1.41. The molecular formula is C22H31N3O2. The Morgan fingerprint density at radius 3 is 2.85 bits per heavy atom. The van der Waals surface area contributed by atoms with Gasteiger partial charge in [-0.15, -0.1) is 0 Å². The van der Waals surface area contributed by atoms with E-state index < -0.39 is 0 Å². The number of ether oxygens (including phenoxy) is 1. The Labute approximate surface area is 161 Å². The Hall–Kier alpha value is -2.01. The van der Waals surface area contributed by atoms with Crippen LogP contribution in [0.15, 0.2) is 24.3 Å². The molecule has 0 aliphatic carbocycles. The Kier molecular flexibility index (Phi) is 5.39. The number of benzene rings is 1. The molecule has 2 aromatic rings. The molecule has 1 aromatic heterocycles. The number of amides is 1. The molecule has 5 heteroatoms. The van der Waals surface area contributed by atoms with E-state index in [0.29, 0.717) is 17.8 Å². The molecule has 2 fully saturated rings. The predicted octanol–water partition coefficient (Wildman–Crippen LogP) is 4.05. The summed E-state index contributed by atoms with van der Waals surface area (Å²) in [5, 5.41) is 1.04. The molecular weight excluding hydrogens is 338 g/mol. The lowest BCUT2D eigenvalue weighted by Gasteiger charge is -2.33. The van der Waals surface area contributed by atoms with Crippen molar-refractivity contribution in [1.29, 1.82) is 0 Å². The number of aromatic amines is 1. The fraction of sp³-hybridized carbons (Fsp3) is 0.591. The number of fused-ring (bicyclic) bond motifs is 1. The number of piperidine rings is 1. The topological polar surface area (TPSA) is 48.6 Å². The van der Waals surface area contributed by atoms with Gasteiger partial charge in [-0.1, -0.05) is 0 Å². The number of carbonyl (C=O) groups excluding carboxylic acids is 1. The van der Waals surface area contributed by atoms with Crippen molar-refractivity contribution in [3.05, 3.63) is 30.0 Å². The van der Waals surface area contributed by atoms with Crippen LogP contribution in [0.2, 0.25) is 0 Å². The monoisotopic (exact) mass is 369 g/mol. The fourth-order valence-electron chi connectivity index (χ4n) is 4.53. The van der Waals surface area contributed by atoms with Crippen molar-refractivity contribution in [2.75, 3.05) is 26.7 Å². The van der Waals surface area contributed by atoms with E-state index in [2.05, 4.69) is 23.9 Å². The maximum Gasteiger partial charge on any atom is 0.270 e. The highest BCUT2D eigenvalue weighted by atomic mass is 16.5. The molecule has 4 rings (SSSR count). The number of nitrogens with one attached hydrogen (secondary N) is 1. The highest BCUT2D eigenvalue weighted by Crippen LogP contribution is 2.25. The summed E-state index contributed by atoms with van der Waals surface area (Å²) >= 11 is 0. The van der Waals surface area contributed by atoms with Crippen molar-refractivity contribution in [2.24, 2.45) is 0 Å². The molecule has 2 atom stereocenters. The first kappa shape index (κ1) is 18.4. The van der Waals surface area contributed by atoms with Crippen LogP contribution in [-0.2, 0) is 0 Å². The van der Waals surface area contributed by atoms with Gasteiger partial charge >= 0.3 is 0 Å². The minimum absolute atomic E-state index is 0.116. The van der Waals surface area contributed by atoms with Crippen molar-refractivity contribution < 1.29 is 9.53 Å². The maximum atomic E-state index is 12.9. The average Bonchev–Trinajstić information content (AvgIpc) is 3.27. The highest BCUT2D eigenvalue weighted by Gasteiger charge is 2.25. The van der Waals surface area contributed by atoms with Gasteiger partial charge in [0.2, 0.25) is 0 Å². The number of rotatable bonds is 5. The third kappa shape index (κ3) is 3.98. The molecule has 2 saturated heterocycles. The number of H-pyrrole nitrogens is 1. The second-order valence-electron chi connectivity index (χ2n) is 8.19. The molecule has 2 aliphatic rings. The minimum Gasteiger partial charge on any atom is -0.494 e. The molecule has 2 unspecified atom stereocenters. The predicted molar refractivity (Wildman–Crippen MR) is 108 cm³/mol. The van der Waals surface area contributed by atoms with Gasteiger partial charge in [0.15, 0.2) is 0 Å². The summed E-state index contributed by atoms with van der Waals surface area (Å²) in [6.07, 6.45) is 7.05. The fourth-order valence-corrected chi connectivity index (χ4v) is 4.53. The summed E-state index contributed by atoms with van der Waals surface area (Å²) in [7, 11) is 2.20. The van der Waals surface area contributed by atoms with E-state index >= 15 is 0 Å². The van der Waals surface area contributed by atoms with E-state index in [9.17, 15) is 4.79 Å². The number of likely N-dealkylation sites (tertiary alicyclic amines) is 2. The number of hydrogen-bond acceptors (Lipinski definition) is 3. The van der Waals surface area contributed by atoms with E-state index in [1.165, 1.54) is 25.8 Å². The lowest BCUT2D eigenvalue weighted by Crippen LogP contribution is -2.42. The average molecular weight is 370 g/mol. The first-order valence-electron chi connectivity index (χ1n) is 10.4. The van der Waals surface area contributed by atoms with E-state index in [1.54, 1.807) is 0 Å². The van der Waals surface area contributed by atoms with Crippen LogP contribution in [0.5, 0.6) is 5.75 Å². The van der Waals surface area contributed by atoms with Gasteiger partial charge in [0.05, 0.1) is 6.61 Å². The Morgan fingerprint density at radius 2 is 2.07 bits per heavy atom. The van der Waals surface area contributed by atoms with Gasteiger partial charge < -0.3 is 19.5 Å². The number of nitrogens with zero attached hydrogens (tertiary/aromatic N) is 2. The van der Waals surface area contributed by atoms with Crippen molar-refractivity contribution in [1.82, 2.24) is 14.8 Å². The summed E-state index contributed by atoms with van der Waals surface area (Å²) in [5.74, 6) is 0.998. The molecule has 0 radical (unpaired) electrons. The largest absolute Gasteiger partial charge is 0.494 e. The molecule has 0 bridgehead atoms. The van der Waals surface area contributed by atoms with Crippen molar-refractivity contribution in [3.63, 3.8) is 0 Å². The van der Waals surface area contributed by atoms with Gasteiger partial charge in [-0.2, -0.15) is 0 Å². The van der Waals surface area contributed by atoms with Gasteiger partial charge in [0, 0.05) is 29.5 Å². The first-order chi connectivity index (χ1) is 13.1. The van der Waals surface area contributed by atoms with Gasteiger partial charge in [-0.05, 0) is 83.3 Å². The normalized spacial score (nSPS) is 23.9. The SMILES string of the molecule is CC1CCCCN1C(=O)c1cc2cc(OCCC3CCCN3C)ccc2[nH]1. The highest BCUT2D eigenvalue weighted by molar-refractivity contribution is 5.98. The number of carbonyl (C=O) groups is 1. The van der Waals surface area contributed by atoms with E-state index in [-0.39, 0.29) is 5.91 Å². The smallest absolute Gasteiger partial charge is 0.270 e. The Bertz CT molecular complexity index is 800. The molecule has 3 heterocycles. The van der Waals surface area contributed by atoms with Crippen LogP contribution in [0.25, 0.3) is 10.9 Å². The maximum absolute atomic E-state index is 12.9. The van der Waals surface area contributed by atoms with Gasteiger partial charge in [0.25, 0.3) is 5.91 Å². The van der Waals surface area contributed by atoms with Crippen LogP contribution in [-0.4, -0.2) is 59.5 Å². The zero-order valence-electron chi connectivity index (χ0n) is 16.5. The molecule has 1 N–H and O–H groups in total. The molecule has 5 nitrogen and oxygen atoms in total. The van der Waals surface area contributed by atoms with E-state index in [1.807, 2.05) is 29.2 Å². The van der Waals surface area contributed by atoms with Crippen LogP contribution in [0.1, 0.15) is 55.9 Å². The summed E-state index contributed by atoms with van der Waals surface area (Å²) in [4.78, 5) is 20.6. The number of hydrogen-bond donors (Lipinski definition) is 1. The van der Waals surface area contributed by atoms with Crippen molar-refractivity contribution >= 4 is 16.8 Å². The molecule has 146 valence electrons. The van der Waals surface area contributed by atoms with Crippen LogP contribution >= 0.6 is 0 Å². The number of aromatic nitrogens is 1. The first-order valence-corrected chi connectivity index (χ1v) is 10.4. The second-order valence-corrected chi connectivity index (χ2v) is 8.19. The Morgan fingerprint density at radius 1 is 1.19 bits per heavy atom. The minimum atomic E-state index is 0.116. The standard InChI is InChI=1S/C22H31N3O2/c1-16-6-3-4-12-25(16)22(26)21-15-17-14-19(8-9-20(17)23-21)27-13-10-18-7-5-11-24(18)2/h8-9,14-16,18,23H,3-7,10-13H2,1-2H3. The third-order valence-electron chi connectivity index (χ3n) is 6.28. The molecule has 1 amide bonds. The molecule has 0 spiro atoms. The van der Waals surface area contributed by atoms with Crippen LogP contribution in [0.3, 0.4) is 0 Å². The summed E-state index contributed by atoms with van der Waals surface area (Å²) in [5.41, 5.74) is 1.68. The van der Waals surface area contributed by atoms with Gasteiger partial charge in [-0.3, -0.25) is 4.79 Å². The van der Waals surface area contributed by atoms with E-state index in [0.717, 1.165) is 49.1 Å². The van der Waals surface area contributed by atoms with Gasteiger partial charge in [-0.25, -0.2) is 0 Å². The zero-order chi connectivity index (χ0) is 18.8. The lowest BCUT2D eigenvalue weighted by atomic mass is 10.0. The van der Waals surface area contributed by atoms with Crippen LogP contribution in [0.4, 0.5) is 0 Å². The zero-order valence-corrected chi connectivity index (χ0v) is 16.5. The second kappa shape index (κ2) is 7.93. The quantitative estimate of drug-likeness (QED) is 0.865.